The van der Waals surface area contributed by atoms with E-state index in [1.165, 1.54) is 23.1 Å². The molecule has 1 aliphatic heterocycles. The Morgan fingerprint density at radius 3 is 1.65 bits per heavy atom. The standard InChI is InChI=1S/C24H26N2/c25-23(19-11-4-1-5-12-19)22-17-10-18-26(22)24(20-13-6-2-7-14-20)21-15-8-3-9-16-21/h1-9,11-16,22-24H,10,17-18,25H2. The molecule has 0 spiro atoms. The third-order valence-corrected chi connectivity index (χ3v) is 5.50. The van der Waals surface area contributed by atoms with Crippen LogP contribution in [0.4, 0.5) is 0 Å². The Labute approximate surface area is 156 Å². The van der Waals surface area contributed by atoms with Crippen molar-refractivity contribution in [2.75, 3.05) is 6.54 Å². The molecule has 4 rings (SSSR count). The Bertz CT molecular complexity index is 762. The maximum Gasteiger partial charge on any atom is 0.0604 e. The first-order valence-corrected chi connectivity index (χ1v) is 9.51. The van der Waals surface area contributed by atoms with Crippen LogP contribution in [0.15, 0.2) is 91.0 Å². The maximum absolute atomic E-state index is 6.74. The minimum atomic E-state index is 0.0358. The first kappa shape index (κ1) is 17.0. The van der Waals surface area contributed by atoms with Gasteiger partial charge in [-0.1, -0.05) is 91.0 Å². The van der Waals surface area contributed by atoms with Crippen molar-refractivity contribution >= 4 is 0 Å². The van der Waals surface area contributed by atoms with Crippen LogP contribution in [0.5, 0.6) is 0 Å². The molecule has 0 aromatic heterocycles. The summed E-state index contributed by atoms with van der Waals surface area (Å²) in [7, 11) is 0. The zero-order valence-corrected chi connectivity index (χ0v) is 15.0. The van der Waals surface area contributed by atoms with Crippen LogP contribution in [0.3, 0.4) is 0 Å². The molecule has 0 saturated carbocycles. The summed E-state index contributed by atoms with van der Waals surface area (Å²) in [6, 6.07) is 32.8. The first-order valence-electron chi connectivity index (χ1n) is 9.51. The number of nitrogens with zero attached hydrogens (tertiary/aromatic N) is 1. The Morgan fingerprint density at radius 2 is 1.15 bits per heavy atom. The summed E-state index contributed by atoms with van der Waals surface area (Å²) < 4.78 is 0. The lowest BCUT2D eigenvalue weighted by Crippen LogP contribution is -2.41. The van der Waals surface area contributed by atoms with E-state index >= 15 is 0 Å². The van der Waals surface area contributed by atoms with E-state index in [1.54, 1.807) is 0 Å². The average Bonchev–Trinajstić information content (AvgIpc) is 3.19. The van der Waals surface area contributed by atoms with Crippen molar-refractivity contribution < 1.29 is 0 Å². The Balaban J connectivity index is 1.71. The van der Waals surface area contributed by atoms with Gasteiger partial charge in [-0.15, -0.1) is 0 Å². The monoisotopic (exact) mass is 342 g/mol. The van der Waals surface area contributed by atoms with Gasteiger partial charge in [0.15, 0.2) is 0 Å². The second-order valence-corrected chi connectivity index (χ2v) is 7.11. The van der Waals surface area contributed by atoms with E-state index < -0.39 is 0 Å². The van der Waals surface area contributed by atoms with Crippen molar-refractivity contribution in [3.8, 4) is 0 Å². The normalized spacial score (nSPS) is 18.9. The highest BCUT2D eigenvalue weighted by Crippen LogP contribution is 2.38. The Hall–Kier alpha value is -2.42. The molecule has 3 aromatic carbocycles. The number of hydrogen-bond acceptors (Lipinski definition) is 2. The van der Waals surface area contributed by atoms with E-state index in [0.29, 0.717) is 6.04 Å². The predicted octanol–water partition coefficient (Wildman–Crippen LogP) is 4.94. The van der Waals surface area contributed by atoms with Crippen LogP contribution >= 0.6 is 0 Å². The molecule has 1 aliphatic rings. The van der Waals surface area contributed by atoms with Crippen molar-refractivity contribution in [3.05, 3.63) is 108 Å². The van der Waals surface area contributed by atoms with Crippen LogP contribution in [0.2, 0.25) is 0 Å². The molecule has 3 aromatic rings. The van der Waals surface area contributed by atoms with Gasteiger partial charge in [-0.05, 0) is 36.1 Å². The minimum Gasteiger partial charge on any atom is -0.323 e. The molecular formula is C24H26N2. The van der Waals surface area contributed by atoms with Crippen molar-refractivity contribution in [1.82, 2.24) is 4.90 Å². The van der Waals surface area contributed by atoms with Gasteiger partial charge in [0.1, 0.15) is 0 Å². The van der Waals surface area contributed by atoms with Gasteiger partial charge in [0.2, 0.25) is 0 Å². The summed E-state index contributed by atoms with van der Waals surface area (Å²) in [5.41, 5.74) is 10.6. The second kappa shape index (κ2) is 7.86. The smallest absolute Gasteiger partial charge is 0.0604 e. The lowest BCUT2D eigenvalue weighted by atomic mass is 9.93. The van der Waals surface area contributed by atoms with Crippen LogP contribution in [0.1, 0.15) is 41.6 Å². The van der Waals surface area contributed by atoms with Gasteiger partial charge in [0.25, 0.3) is 0 Å². The van der Waals surface area contributed by atoms with E-state index in [4.69, 9.17) is 5.73 Å². The molecule has 1 heterocycles. The molecule has 1 saturated heterocycles. The molecule has 2 heteroatoms. The van der Waals surface area contributed by atoms with E-state index in [2.05, 4.69) is 95.9 Å². The van der Waals surface area contributed by atoms with E-state index in [9.17, 15) is 0 Å². The molecule has 26 heavy (non-hydrogen) atoms. The van der Waals surface area contributed by atoms with Gasteiger partial charge in [-0.25, -0.2) is 0 Å². The number of rotatable bonds is 5. The molecule has 2 atom stereocenters. The van der Waals surface area contributed by atoms with Crippen LogP contribution in [0, 0.1) is 0 Å². The quantitative estimate of drug-likeness (QED) is 0.711. The molecule has 0 bridgehead atoms. The molecule has 2 unspecified atom stereocenters. The van der Waals surface area contributed by atoms with Gasteiger partial charge in [-0.2, -0.15) is 0 Å². The van der Waals surface area contributed by atoms with E-state index in [0.717, 1.165) is 13.0 Å². The largest absolute Gasteiger partial charge is 0.323 e. The molecule has 0 aliphatic carbocycles. The molecule has 132 valence electrons. The molecule has 1 fully saturated rings. The zero-order chi connectivity index (χ0) is 17.8. The molecule has 2 nitrogen and oxygen atoms in total. The van der Waals surface area contributed by atoms with Crippen molar-refractivity contribution in [2.45, 2.75) is 31.0 Å². The predicted molar refractivity (Wildman–Crippen MR) is 108 cm³/mol. The number of benzene rings is 3. The summed E-state index contributed by atoms with van der Waals surface area (Å²) in [5, 5.41) is 0. The topological polar surface area (TPSA) is 29.3 Å². The molecule has 2 N–H and O–H groups in total. The van der Waals surface area contributed by atoms with Gasteiger partial charge in [-0.3, -0.25) is 4.90 Å². The lowest BCUT2D eigenvalue weighted by molar-refractivity contribution is 0.183. The fourth-order valence-corrected chi connectivity index (χ4v) is 4.26. The van der Waals surface area contributed by atoms with Gasteiger partial charge in [0.05, 0.1) is 6.04 Å². The molecular weight excluding hydrogens is 316 g/mol. The SMILES string of the molecule is NC(c1ccccc1)C1CCCN1C(c1ccccc1)c1ccccc1. The zero-order valence-electron chi connectivity index (χ0n) is 15.0. The summed E-state index contributed by atoms with van der Waals surface area (Å²) in [6.07, 6.45) is 2.34. The van der Waals surface area contributed by atoms with E-state index in [-0.39, 0.29) is 12.1 Å². The highest BCUT2D eigenvalue weighted by Gasteiger charge is 2.36. The highest BCUT2D eigenvalue weighted by molar-refractivity contribution is 5.33. The number of likely N-dealkylation sites (tertiary alicyclic amines) is 1. The fourth-order valence-electron chi connectivity index (χ4n) is 4.26. The Kier molecular flexibility index (Phi) is 5.14. The molecule has 0 amide bonds. The summed E-state index contributed by atoms with van der Waals surface area (Å²) in [4.78, 5) is 2.61. The number of hydrogen-bond donors (Lipinski definition) is 1. The lowest BCUT2D eigenvalue weighted by Gasteiger charge is -2.37. The van der Waals surface area contributed by atoms with Gasteiger partial charge >= 0.3 is 0 Å². The third kappa shape index (κ3) is 3.44. The Morgan fingerprint density at radius 1 is 0.692 bits per heavy atom. The van der Waals surface area contributed by atoms with Crippen molar-refractivity contribution in [1.29, 1.82) is 0 Å². The summed E-state index contributed by atoms with van der Waals surface area (Å²) in [5.74, 6) is 0. The van der Waals surface area contributed by atoms with Crippen LogP contribution < -0.4 is 5.73 Å². The van der Waals surface area contributed by atoms with Crippen molar-refractivity contribution in [2.24, 2.45) is 5.73 Å². The minimum absolute atomic E-state index is 0.0358. The average molecular weight is 342 g/mol. The van der Waals surface area contributed by atoms with Crippen LogP contribution in [-0.4, -0.2) is 17.5 Å². The van der Waals surface area contributed by atoms with Gasteiger partial charge < -0.3 is 5.73 Å². The second-order valence-electron chi connectivity index (χ2n) is 7.11. The van der Waals surface area contributed by atoms with Crippen molar-refractivity contribution in [3.63, 3.8) is 0 Å². The maximum atomic E-state index is 6.74. The molecule has 0 radical (unpaired) electrons. The fraction of sp³-hybridized carbons (Fsp3) is 0.250. The van der Waals surface area contributed by atoms with E-state index in [1.807, 2.05) is 0 Å². The third-order valence-electron chi connectivity index (χ3n) is 5.50. The summed E-state index contributed by atoms with van der Waals surface area (Å²) in [6.45, 7) is 1.08. The van der Waals surface area contributed by atoms with Gasteiger partial charge in [0, 0.05) is 12.1 Å². The highest BCUT2D eigenvalue weighted by atomic mass is 15.2. The first-order chi connectivity index (χ1) is 12.8. The van der Waals surface area contributed by atoms with Crippen LogP contribution in [0.25, 0.3) is 0 Å². The number of nitrogens with two attached hydrogens (primary N) is 1. The van der Waals surface area contributed by atoms with Crippen LogP contribution in [-0.2, 0) is 0 Å². The summed E-state index contributed by atoms with van der Waals surface area (Å²) >= 11 is 0.